The Hall–Kier alpha value is -2.36. The monoisotopic (exact) mass is 526 g/mol. The topological polar surface area (TPSA) is 83.2 Å². The average molecular weight is 527 g/mol. The van der Waals surface area contributed by atoms with E-state index in [9.17, 15) is 18.3 Å². The summed E-state index contributed by atoms with van der Waals surface area (Å²) in [6, 6.07) is 6.28. The van der Waals surface area contributed by atoms with E-state index in [-0.39, 0.29) is 5.41 Å². The standard InChI is InChI=1S/C16H22N4OS.C9H13F3.C2H6/c1-3-16(2)11-8-10(4-5-12(11)20-14(16)21)13-9-19-15(22-13)18-7-6-17;1-3-8(4-2)6-5-7-9(10,11)12;1-2/h4-5,8-9,14,20-21H,3,6-7,17H2,1-2H3,(H,18,19);3,5-6H,4,7H2,1-2H3;1-2H3/b;6-5-,8-3-;. The molecule has 2 atom stereocenters. The lowest BCUT2D eigenvalue weighted by molar-refractivity contribution is -0.125. The number of thiazole rings is 1. The molecule has 1 aromatic heterocycles. The molecule has 9 heteroatoms. The number of hydrogen-bond acceptors (Lipinski definition) is 6. The molecule has 0 fully saturated rings. The molecule has 1 aliphatic heterocycles. The highest BCUT2D eigenvalue weighted by Gasteiger charge is 2.41. The van der Waals surface area contributed by atoms with Gasteiger partial charge in [-0.15, -0.1) is 0 Å². The zero-order valence-corrected chi connectivity index (χ0v) is 23.0. The smallest absolute Gasteiger partial charge is 0.373 e. The second kappa shape index (κ2) is 15.0. The molecule has 3 rings (SSSR count). The fourth-order valence-corrected chi connectivity index (χ4v) is 4.40. The third kappa shape index (κ3) is 8.94. The number of nitrogens with one attached hydrogen (secondary N) is 2. The average Bonchev–Trinajstić information content (AvgIpc) is 3.44. The molecule has 1 aromatic carbocycles. The first kappa shape index (κ1) is 31.7. The molecule has 5 nitrogen and oxygen atoms in total. The van der Waals surface area contributed by atoms with Crippen LogP contribution in [0.2, 0.25) is 0 Å². The van der Waals surface area contributed by atoms with Crippen LogP contribution < -0.4 is 16.4 Å². The number of aliphatic hydroxyl groups excluding tert-OH is 1. The van der Waals surface area contributed by atoms with Crippen molar-refractivity contribution in [1.29, 1.82) is 0 Å². The van der Waals surface area contributed by atoms with Gasteiger partial charge in [0.25, 0.3) is 0 Å². The van der Waals surface area contributed by atoms with Crippen molar-refractivity contribution >= 4 is 22.2 Å². The highest BCUT2D eigenvalue weighted by Crippen LogP contribution is 2.44. The van der Waals surface area contributed by atoms with Crippen molar-refractivity contribution < 1.29 is 18.3 Å². The van der Waals surface area contributed by atoms with Crippen LogP contribution in [0.15, 0.2) is 48.2 Å². The summed E-state index contributed by atoms with van der Waals surface area (Å²) in [7, 11) is 0. The Kier molecular flexibility index (Phi) is 13.2. The fourth-order valence-electron chi connectivity index (χ4n) is 3.56. The second-order valence-electron chi connectivity index (χ2n) is 8.26. The molecule has 0 radical (unpaired) electrons. The largest absolute Gasteiger partial charge is 0.392 e. The lowest BCUT2D eigenvalue weighted by Gasteiger charge is -2.26. The Morgan fingerprint density at radius 1 is 1.31 bits per heavy atom. The molecule has 2 unspecified atom stereocenters. The Balaban J connectivity index is 0.000000396. The number of rotatable bonds is 8. The summed E-state index contributed by atoms with van der Waals surface area (Å²) >= 11 is 1.62. The van der Waals surface area contributed by atoms with Gasteiger partial charge >= 0.3 is 6.18 Å². The van der Waals surface area contributed by atoms with Gasteiger partial charge in [-0.05, 0) is 43.0 Å². The number of halogens is 3. The molecule has 0 spiro atoms. The predicted octanol–water partition coefficient (Wildman–Crippen LogP) is 7.47. The van der Waals surface area contributed by atoms with Crippen molar-refractivity contribution in [3.63, 3.8) is 0 Å². The first-order chi connectivity index (χ1) is 17.1. The number of benzene rings is 1. The van der Waals surface area contributed by atoms with Gasteiger partial charge in [0.1, 0.15) is 6.23 Å². The third-order valence-electron chi connectivity index (χ3n) is 5.94. The second-order valence-corrected chi connectivity index (χ2v) is 9.29. The van der Waals surface area contributed by atoms with Crippen molar-refractivity contribution in [3.05, 3.63) is 53.8 Å². The van der Waals surface area contributed by atoms with E-state index in [1.807, 2.05) is 46.0 Å². The number of aromatic nitrogens is 1. The van der Waals surface area contributed by atoms with E-state index in [1.165, 1.54) is 11.6 Å². The zero-order valence-electron chi connectivity index (χ0n) is 22.2. The van der Waals surface area contributed by atoms with Crippen LogP contribution in [-0.4, -0.2) is 35.6 Å². The van der Waals surface area contributed by atoms with Crippen LogP contribution in [0.3, 0.4) is 0 Å². The molecule has 0 bridgehead atoms. The predicted molar refractivity (Wildman–Crippen MR) is 148 cm³/mol. The van der Waals surface area contributed by atoms with Crippen LogP contribution in [-0.2, 0) is 5.41 Å². The molecular weight excluding hydrogens is 485 g/mol. The summed E-state index contributed by atoms with van der Waals surface area (Å²) in [5.74, 6) is 0. The van der Waals surface area contributed by atoms with Crippen molar-refractivity contribution in [2.45, 2.75) is 78.6 Å². The van der Waals surface area contributed by atoms with Crippen molar-refractivity contribution in [2.24, 2.45) is 5.73 Å². The maximum Gasteiger partial charge on any atom is 0.392 e. The number of alkyl halides is 3. The minimum atomic E-state index is -4.08. The van der Waals surface area contributed by atoms with Crippen molar-refractivity contribution in [1.82, 2.24) is 4.98 Å². The fraction of sp³-hybridized carbons (Fsp3) is 0.519. The number of hydrogen-bond donors (Lipinski definition) is 4. The number of nitrogens with zero attached hydrogens (tertiary/aromatic N) is 1. The maximum absolute atomic E-state index is 11.6. The summed E-state index contributed by atoms with van der Waals surface area (Å²) < 4.78 is 34.9. The van der Waals surface area contributed by atoms with Gasteiger partial charge in [-0.2, -0.15) is 13.2 Å². The van der Waals surface area contributed by atoms with Gasteiger partial charge in [-0.3, -0.25) is 0 Å². The molecule has 2 heterocycles. The molecule has 0 saturated carbocycles. The first-order valence-corrected chi connectivity index (χ1v) is 13.3. The molecule has 36 heavy (non-hydrogen) atoms. The normalized spacial score (nSPS) is 19.1. The van der Waals surface area contributed by atoms with Crippen LogP contribution in [0.4, 0.5) is 24.0 Å². The SMILES string of the molecule is C/C=C(\C=C/CC(F)(F)F)CC.CC.CCC1(C)c2cc(-c3cnc(NCCN)s3)ccc2NC1O. The van der Waals surface area contributed by atoms with E-state index in [1.54, 1.807) is 11.3 Å². The minimum Gasteiger partial charge on any atom is -0.373 e. The minimum absolute atomic E-state index is 0.253. The van der Waals surface area contributed by atoms with Gasteiger partial charge in [-0.25, -0.2) is 4.98 Å². The van der Waals surface area contributed by atoms with Crippen molar-refractivity contribution in [3.8, 4) is 10.4 Å². The van der Waals surface area contributed by atoms with E-state index >= 15 is 0 Å². The zero-order chi connectivity index (χ0) is 27.4. The van der Waals surface area contributed by atoms with Crippen LogP contribution in [0.25, 0.3) is 10.4 Å². The Morgan fingerprint density at radius 3 is 2.56 bits per heavy atom. The van der Waals surface area contributed by atoms with Gasteiger partial charge in [0, 0.05) is 30.4 Å². The number of nitrogens with two attached hydrogens (primary N) is 1. The van der Waals surface area contributed by atoms with Crippen LogP contribution in [0.1, 0.15) is 66.4 Å². The molecule has 1 aliphatic rings. The highest BCUT2D eigenvalue weighted by atomic mass is 32.1. The maximum atomic E-state index is 11.6. The van der Waals surface area contributed by atoms with Crippen LogP contribution >= 0.6 is 11.3 Å². The summed E-state index contributed by atoms with van der Waals surface area (Å²) in [6.07, 6.45) is 2.56. The van der Waals surface area contributed by atoms with Gasteiger partial charge in [0.2, 0.25) is 0 Å². The summed E-state index contributed by atoms with van der Waals surface area (Å²) in [4.78, 5) is 5.50. The Labute approximate surface area is 217 Å². The van der Waals surface area contributed by atoms with E-state index in [2.05, 4.69) is 41.6 Å². The molecule has 2 aromatic rings. The summed E-state index contributed by atoms with van der Waals surface area (Å²) in [6.45, 7) is 13.2. The van der Waals surface area contributed by atoms with E-state index in [0.29, 0.717) is 6.54 Å². The van der Waals surface area contributed by atoms with Crippen LogP contribution in [0, 0.1) is 0 Å². The molecule has 0 saturated heterocycles. The van der Waals surface area contributed by atoms with Gasteiger partial charge in [0.15, 0.2) is 5.13 Å². The van der Waals surface area contributed by atoms with E-state index < -0.39 is 18.8 Å². The number of fused-ring (bicyclic) bond motifs is 1. The van der Waals surface area contributed by atoms with Gasteiger partial charge < -0.3 is 21.5 Å². The third-order valence-corrected chi connectivity index (χ3v) is 6.94. The van der Waals surface area contributed by atoms with Gasteiger partial charge in [-0.1, -0.05) is 75.8 Å². The lowest BCUT2D eigenvalue weighted by Crippen LogP contribution is -2.35. The molecule has 0 aliphatic carbocycles. The Bertz CT molecular complexity index is 988. The first-order valence-electron chi connectivity index (χ1n) is 12.5. The molecule has 0 amide bonds. The van der Waals surface area contributed by atoms with E-state index in [4.69, 9.17) is 5.73 Å². The summed E-state index contributed by atoms with van der Waals surface area (Å²) in [5, 5.41) is 17.5. The molecular formula is C27H41F3N4OS. The number of allylic oxidation sites excluding steroid dienone is 4. The molecule has 5 N–H and O–H groups in total. The van der Waals surface area contributed by atoms with E-state index in [0.717, 1.165) is 52.3 Å². The quantitative estimate of drug-likeness (QED) is 0.268. The van der Waals surface area contributed by atoms with Gasteiger partial charge in [0.05, 0.1) is 11.3 Å². The number of aliphatic hydroxyl groups is 1. The van der Waals surface area contributed by atoms with Crippen molar-refractivity contribution in [2.75, 3.05) is 23.7 Å². The van der Waals surface area contributed by atoms with Crippen LogP contribution in [0.5, 0.6) is 0 Å². The Morgan fingerprint density at radius 2 is 2.00 bits per heavy atom. The number of anilines is 2. The lowest BCUT2D eigenvalue weighted by atomic mass is 9.80. The molecule has 202 valence electrons. The highest BCUT2D eigenvalue weighted by molar-refractivity contribution is 7.18. The summed E-state index contributed by atoms with van der Waals surface area (Å²) in [5.41, 5.74) is 9.50.